The Kier molecular flexibility index (Phi) is 5.27. The van der Waals surface area contributed by atoms with Crippen LogP contribution in [-0.4, -0.2) is 8.32 Å². The van der Waals surface area contributed by atoms with Crippen LogP contribution in [0.1, 0.15) is 25.3 Å². The summed E-state index contributed by atoms with van der Waals surface area (Å²) in [7, 11) is -1.52. The molecule has 0 aliphatic heterocycles. The predicted molar refractivity (Wildman–Crippen MR) is 77.3 cm³/mol. The van der Waals surface area contributed by atoms with Gasteiger partial charge in [-0.15, -0.1) is 0 Å². The summed E-state index contributed by atoms with van der Waals surface area (Å²) in [6.07, 6.45) is 4.06. The van der Waals surface area contributed by atoms with Crippen LogP contribution in [0.25, 0.3) is 6.08 Å². The molecule has 1 aromatic carbocycles. The van der Waals surface area contributed by atoms with Gasteiger partial charge in [-0.2, -0.15) is 0 Å². The summed E-state index contributed by atoms with van der Waals surface area (Å²) in [6, 6.07) is 10.2. The third kappa shape index (κ3) is 6.15. The minimum atomic E-state index is -1.52. The fraction of sp³-hybridized carbons (Fsp3) is 0.400. The lowest BCUT2D eigenvalue weighted by molar-refractivity contribution is 0.400. The molecule has 0 saturated heterocycles. The molecule has 0 unspecified atom stereocenters. The average molecular weight is 246 g/mol. The van der Waals surface area contributed by atoms with Crippen molar-refractivity contribution < 1.29 is 4.43 Å². The van der Waals surface area contributed by atoms with E-state index in [0.29, 0.717) is 0 Å². The smallest absolute Gasteiger partial charge is 0.242 e. The van der Waals surface area contributed by atoms with Crippen molar-refractivity contribution in [1.82, 2.24) is 0 Å². The molecule has 17 heavy (non-hydrogen) atoms. The van der Waals surface area contributed by atoms with E-state index in [9.17, 15) is 0 Å². The molecule has 1 rings (SSSR count). The zero-order chi connectivity index (χ0) is 12.7. The van der Waals surface area contributed by atoms with E-state index in [2.05, 4.69) is 44.4 Å². The van der Waals surface area contributed by atoms with Crippen LogP contribution in [0.15, 0.2) is 41.8 Å². The predicted octanol–water partition coefficient (Wildman–Crippen LogP) is 4.83. The Morgan fingerprint density at radius 2 is 1.88 bits per heavy atom. The van der Waals surface area contributed by atoms with Gasteiger partial charge in [0.1, 0.15) is 5.76 Å². The molecule has 0 bridgehead atoms. The zero-order valence-corrected chi connectivity index (χ0v) is 12.3. The zero-order valence-electron chi connectivity index (χ0n) is 11.3. The standard InChI is InChI=1S/C15H22OSi/c1-5-9-15(16-17(2,3)4)13-12-14-10-7-6-8-11-14/h6-8,10-12H,5,9H2,1-4H3. The van der Waals surface area contributed by atoms with Gasteiger partial charge in [-0.25, -0.2) is 0 Å². The maximum Gasteiger partial charge on any atom is 0.242 e. The van der Waals surface area contributed by atoms with Gasteiger partial charge in [-0.1, -0.05) is 43.0 Å². The van der Waals surface area contributed by atoms with Crippen molar-refractivity contribution in [3.8, 4) is 0 Å². The lowest BCUT2D eigenvalue weighted by atomic mass is 10.2. The lowest BCUT2D eigenvalue weighted by Gasteiger charge is -2.20. The Bertz CT molecular complexity index is 395. The summed E-state index contributed by atoms with van der Waals surface area (Å²) in [5, 5.41) is 0. The molecular formula is C15H22OSi. The van der Waals surface area contributed by atoms with Gasteiger partial charge >= 0.3 is 0 Å². The van der Waals surface area contributed by atoms with Gasteiger partial charge in [0.15, 0.2) is 0 Å². The molecule has 0 fully saturated rings. The van der Waals surface area contributed by atoms with E-state index in [0.717, 1.165) is 18.6 Å². The van der Waals surface area contributed by atoms with Gasteiger partial charge in [-0.05, 0) is 37.7 Å². The monoisotopic (exact) mass is 246 g/mol. The molecule has 1 aromatic rings. The largest absolute Gasteiger partial charge is 0.542 e. The normalized spacial score (nSPS) is 10.6. The van der Waals surface area contributed by atoms with E-state index in [-0.39, 0.29) is 0 Å². The lowest BCUT2D eigenvalue weighted by Crippen LogP contribution is -2.24. The van der Waals surface area contributed by atoms with Gasteiger partial charge in [0, 0.05) is 6.42 Å². The average Bonchev–Trinajstić information content (AvgIpc) is 2.26. The SMILES string of the molecule is CCCC(=C=Cc1ccccc1)O[Si](C)(C)C. The summed E-state index contributed by atoms with van der Waals surface area (Å²) < 4.78 is 6.01. The van der Waals surface area contributed by atoms with Crippen LogP contribution in [0, 0.1) is 0 Å². The van der Waals surface area contributed by atoms with Gasteiger partial charge in [0.2, 0.25) is 8.32 Å². The number of hydrogen-bond donors (Lipinski definition) is 0. The van der Waals surface area contributed by atoms with Crippen molar-refractivity contribution >= 4 is 14.4 Å². The Morgan fingerprint density at radius 1 is 1.24 bits per heavy atom. The van der Waals surface area contributed by atoms with Crippen molar-refractivity contribution in [2.45, 2.75) is 39.4 Å². The van der Waals surface area contributed by atoms with Gasteiger partial charge in [0.05, 0.1) is 0 Å². The third-order valence-corrected chi connectivity index (χ3v) is 2.96. The van der Waals surface area contributed by atoms with E-state index in [1.165, 1.54) is 5.56 Å². The summed E-state index contributed by atoms with van der Waals surface area (Å²) in [5.41, 5.74) is 4.46. The summed E-state index contributed by atoms with van der Waals surface area (Å²) in [5.74, 6) is 0.996. The van der Waals surface area contributed by atoms with E-state index < -0.39 is 8.32 Å². The Morgan fingerprint density at radius 3 is 2.41 bits per heavy atom. The van der Waals surface area contributed by atoms with Crippen molar-refractivity contribution in [1.29, 1.82) is 0 Å². The molecule has 0 aliphatic rings. The highest BCUT2D eigenvalue weighted by Gasteiger charge is 2.16. The first-order valence-electron chi connectivity index (χ1n) is 6.21. The third-order valence-electron chi connectivity index (χ3n) is 2.11. The van der Waals surface area contributed by atoms with Gasteiger partial charge in [0.25, 0.3) is 0 Å². The minimum Gasteiger partial charge on any atom is -0.542 e. The van der Waals surface area contributed by atoms with Gasteiger partial charge < -0.3 is 4.43 Å². The summed E-state index contributed by atoms with van der Waals surface area (Å²) >= 11 is 0. The van der Waals surface area contributed by atoms with E-state index in [1.807, 2.05) is 24.3 Å². The molecule has 0 spiro atoms. The second kappa shape index (κ2) is 6.48. The number of benzene rings is 1. The fourth-order valence-electron chi connectivity index (χ4n) is 1.46. The molecule has 1 nitrogen and oxygen atoms in total. The summed E-state index contributed by atoms with van der Waals surface area (Å²) in [6.45, 7) is 8.77. The minimum absolute atomic E-state index is 0.966. The molecule has 2 heteroatoms. The van der Waals surface area contributed by atoms with Crippen LogP contribution in [0.2, 0.25) is 19.6 Å². The first-order valence-corrected chi connectivity index (χ1v) is 9.62. The molecule has 0 saturated carbocycles. The molecule has 0 aliphatic carbocycles. The number of hydrogen-bond acceptors (Lipinski definition) is 1. The highest BCUT2D eigenvalue weighted by Crippen LogP contribution is 2.14. The van der Waals surface area contributed by atoms with E-state index in [4.69, 9.17) is 4.43 Å². The first-order chi connectivity index (χ1) is 8.01. The maximum atomic E-state index is 6.01. The second-order valence-electron chi connectivity index (χ2n) is 5.09. The highest BCUT2D eigenvalue weighted by atomic mass is 28.4. The summed E-state index contributed by atoms with van der Waals surface area (Å²) in [4.78, 5) is 0. The molecule has 0 amide bonds. The van der Waals surface area contributed by atoms with Crippen LogP contribution in [0.3, 0.4) is 0 Å². The van der Waals surface area contributed by atoms with Crippen molar-refractivity contribution in [2.75, 3.05) is 0 Å². The van der Waals surface area contributed by atoms with Crippen LogP contribution in [0.5, 0.6) is 0 Å². The molecule has 0 N–H and O–H groups in total. The van der Waals surface area contributed by atoms with Crippen LogP contribution in [0.4, 0.5) is 0 Å². The first kappa shape index (κ1) is 13.8. The molecule has 92 valence electrons. The fourth-order valence-corrected chi connectivity index (χ4v) is 2.36. The second-order valence-corrected chi connectivity index (χ2v) is 9.52. The number of rotatable bonds is 5. The molecule has 0 aromatic heterocycles. The van der Waals surface area contributed by atoms with Crippen LogP contribution >= 0.6 is 0 Å². The van der Waals surface area contributed by atoms with Crippen molar-refractivity contribution in [3.05, 3.63) is 47.4 Å². The highest BCUT2D eigenvalue weighted by molar-refractivity contribution is 6.70. The quantitative estimate of drug-likeness (QED) is 0.410. The Balaban J connectivity index is 2.86. The van der Waals surface area contributed by atoms with Crippen LogP contribution < -0.4 is 0 Å². The van der Waals surface area contributed by atoms with Gasteiger partial charge in [-0.3, -0.25) is 0 Å². The maximum absolute atomic E-state index is 6.01. The number of allylic oxidation sites excluding steroid dienone is 1. The molecule has 0 atom stereocenters. The molecule has 0 radical (unpaired) electrons. The van der Waals surface area contributed by atoms with E-state index in [1.54, 1.807) is 0 Å². The van der Waals surface area contributed by atoms with Crippen molar-refractivity contribution in [3.63, 3.8) is 0 Å². The Hall–Kier alpha value is -1.24. The topological polar surface area (TPSA) is 9.23 Å². The Labute approximate surface area is 106 Å². The van der Waals surface area contributed by atoms with Crippen LogP contribution in [-0.2, 0) is 4.43 Å². The van der Waals surface area contributed by atoms with E-state index >= 15 is 0 Å². The molecule has 0 heterocycles. The van der Waals surface area contributed by atoms with Crippen molar-refractivity contribution in [2.24, 2.45) is 0 Å². The molecular weight excluding hydrogens is 224 g/mol.